The molecule has 4 rings (SSSR count). The smallest absolute Gasteiger partial charge is 0.303 e. The Kier molecular flexibility index (Phi) is 4.69. The van der Waals surface area contributed by atoms with Crippen molar-refractivity contribution in [3.05, 3.63) is 89.6 Å². The van der Waals surface area contributed by atoms with Crippen molar-refractivity contribution < 1.29 is 9.90 Å². The highest BCUT2D eigenvalue weighted by molar-refractivity contribution is 6.30. The summed E-state index contributed by atoms with van der Waals surface area (Å²) in [6, 6.07) is 26.3. The van der Waals surface area contributed by atoms with Crippen LogP contribution in [0, 0.1) is 0 Å². The molecule has 0 atom stereocenters. The van der Waals surface area contributed by atoms with Crippen LogP contribution in [0.1, 0.15) is 12.1 Å². The van der Waals surface area contributed by atoms with Gasteiger partial charge in [0.05, 0.1) is 12.1 Å². The zero-order valence-electron chi connectivity index (χ0n) is 14.6. The van der Waals surface area contributed by atoms with E-state index >= 15 is 0 Å². The number of benzene rings is 3. The van der Waals surface area contributed by atoms with Crippen molar-refractivity contribution in [1.29, 1.82) is 0 Å². The molecule has 0 aliphatic carbocycles. The van der Waals surface area contributed by atoms with Crippen molar-refractivity contribution >= 4 is 28.3 Å². The third-order valence-corrected chi connectivity index (χ3v) is 4.94. The van der Waals surface area contributed by atoms with Gasteiger partial charge in [0, 0.05) is 16.4 Å². The summed E-state index contributed by atoms with van der Waals surface area (Å²) in [7, 11) is 0. The van der Waals surface area contributed by atoms with E-state index in [1.165, 1.54) is 5.39 Å². The van der Waals surface area contributed by atoms with Gasteiger partial charge in [0.2, 0.25) is 0 Å². The van der Waals surface area contributed by atoms with E-state index in [2.05, 4.69) is 34.9 Å². The molecule has 3 nitrogen and oxygen atoms in total. The second-order valence-corrected chi connectivity index (χ2v) is 6.91. The van der Waals surface area contributed by atoms with Crippen molar-refractivity contribution in [1.82, 2.24) is 4.57 Å². The second-order valence-electron chi connectivity index (χ2n) is 6.48. The summed E-state index contributed by atoms with van der Waals surface area (Å²) in [5, 5.41) is 12.1. The molecule has 4 aromatic rings. The Labute approximate surface area is 162 Å². The SMILES string of the molecule is O=C(O)CCc1ccc(-c2ccc(Cl)cc2)n1-c1ccc2ccccc2c1. The lowest BCUT2D eigenvalue weighted by atomic mass is 10.1. The van der Waals surface area contributed by atoms with Gasteiger partial charge in [-0.15, -0.1) is 0 Å². The molecule has 0 amide bonds. The van der Waals surface area contributed by atoms with E-state index in [1.54, 1.807) is 0 Å². The van der Waals surface area contributed by atoms with Gasteiger partial charge in [-0.05, 0) is 59.2 Å². The van der Waals surface area contributed by atoms with Crippen molar-refractivity contribution in [2.75, 3.05) is 0 Å². The van der Waals surface area contributed by atoms with Crippen LogP contribution in [-0.2, 0) is 11.2 Å². The normalized spacial score (nSPS) is 11.0. The molecule has 3 aromatic carbocycles. The number of carbonyl (C=O) groups is 1. The molecule has 0 aliphatic heterocycles. The number of nitrogens with zero attached hydrogens (tertiary/aromatic N) is 1. The third kappa shape index (κ3) is 3.60. The zero-order valence-corrected chi connectivity index (χ0v) is 15.4. The lowest BCUT2D eigenvalue weighted by Crippen LogP contribution is -2.05. The largest absolute Gasteiger partial charge is 0.481 e. The first-order chi connectivity index (χ1) is 13.1. The molecule has 0 aliphatic rings. The molecule has 27 heavy (non-hydrogen) atoms. The van der Waals surface area contributed by atoms with E-state index in [9.17, 15) is 4.79 Å². The summed E-state index contributed by atoms with van der Waals surface area (Å²) in [5.41, 5.74) is 4.04. The van der Waals surface area contributed by atoms with E-state index in [1.807, 2.05) is 48.5 Å². The molecule has 0 bridgehead atoms. The lowest BCUT2D eigenvalue weighted by Gasteiger charge is -2.15. The fourth-order valence-corrected chi connectivity index (χ4v) is 3.50. The minimum absolute atomic E-state index is 0.0949. The molecule has 0 fully saturated rings. The Morgan fingerprint density at radius 1 is 0.889 bits per heavy atom. The molecule has 134 valence electrons. The van der Waals surface area contributed by atoms with Crippen molar-refractivity contribution in [2.24, 2.45) is 0 Å². The van der Waals surface area contributed by atoms with Crippen molar-refractivity contribution in [3.63, 3.8) is 0 Å². The van der Waals surface area contributed by atoms with Crippen LogP contribution in [0.5, 0.6) is 0 Å². The van der Waals surface area contributed by atoms with E-state index in [0.717, 1.165) is 28.0 Å². The zero-order chi connectivity index (χ0) is 18.8. The molecule has 0 saturated heterocycles. The molecule has 0 unspecified atom stereocenters. The summed E-state index contributed by atoms with van der Waals surface area (Å²) >= 11 is 6.04. The lowest BCUT2D eigenvalue weighted by molar-refractivity contribution is -0.136. The van der Waals surface area contributed by atoms with Crippen LogP contribution in [0.3, 0.4) is 0 Å². The minimum atomic E-state index is -0.797. The van der Waals surface area contributed by atoms with Gasteiger partial charge >= 0.3 is 5.97 Å². The van der Waals surface area contributed by atoms with Crippen LogP contribution in [0.15, 0.2) is 78.9 Å². The van der Waals surface area contributed by atoms with Crippen LogP contribution < -0.4 is 0 Å². The third-order valence-electron chi connectivity index (χ3n) is 4.69. The number of hydrogen-bond donors (Lipinski definition) is 1. The average molecular weight is 376 g/mol. The molecule has 0 saturated carbocycles. The van der Waals surface area contributed by atoms with E-state index in [-0.39, 0.29) is 6.42 Å². The Bertz CT molecular complexity index is 1110. The first-order valence-corrected chi connectivity index (χ1v) is 9.17. The maximum atomic E-state index is 11.1. The summed E-state index contributed by atoms with van der Waals surface area (Å²) in [6.07, 6.45) is 0.563. The minimum Gasteiger partial charge on any atom is -0.481 e. The van der Waals surface area contributed by atoms with Gasteiger partial charge in [0.1, 0.15) is 0 Å². The fourth-order valence-electron chi connectivity index (χ4n) is 3.38. The summed E-state index contributed by atoms with van der Waals surface area (Å²) in [4.78, 5) is 11.1. The van der Waals surface area contributed by atoms with Crippen LogP contribution in [0.25, 0.3) is 27.7 Å². The van der Waals surface area contributed by atoms with Crippen LogP contribution in [0.4, 0.5) is 0 Å². The molecule has 1 N–H and O–H groups in total. The number of hydrogen-bond acceptors (Lipinski definition) is 1. The number of aliphatic carboxylic acids is 1. The van der Waals surface area contributed by atoms with Crippen LogP contribution >= 0.6 is 11.6 Å². The van der Waals surface area contributed by atoms with Gasteiger partial charge in [0.15, 0.2) is 0 Å². The highest BCUT2D eigenvalue weighted by Gasteiger charge is 2.13. The molecule has 0 spiro atoms. The van der Waals surface area contributed by atoms with Crippen LogP contribution in [0.2, 0.25) is 5.02 Å². The van der Waals surface area contributed by atoms with Crippen molar-refractivity contribution in [3.8, 4) is 16.9 Å². The molecule has 0 radical (unpaired) electrons. The average Bonchev–Trinajstić information content (AvgIpc) is 3.10. The molecular weight excluding hydrogens is 358 g/mol. The maximum Gasteiger partial charge on any atom is 0.303 e. The molecular formula is C23H18ClNO2. The van der Waals surface area contributed by atoms with E-state index in [0.29, 0.717) is 11.4 Å². The Morgan fingerprint density at radius 2 is 1.63 bits per heavy atom. The standard InChI is InChI=1S/C23H18ClNO2/c24-19-8-5-17(6-9-19)22-13-11-20(12-14-23(26)27)25(22)21-10-7-16-3-1-2-4-18(16)15-21/h1-11,13,15H,12,14H2,(H,26,27). The quantitative estimate of drug-likeness (QED) is 0.467. The predicted octanol–water partition coefficient (Wildman–Crippen LogP) is 5.97. The number of rotatable bonds is 5. The first kappa shape index (κ1) is 17.4. The second kappa shape index (κ2) is 7.29. The number of halogens is 1. The van der Waals surface area contributed by atoms with Gasteiger partial charge < -0.3 is 9.67 Å². The summed E-state index contributed by atoms with van der Waals surface area (Å²) < 4.78 is 2.14. The highest BCUT2D eigenvalue weighted by Crippen LogP contribution is 2.30. The van der Waals surface area contributed by atoms with Crippen LogP contribution in [-0.4, -0.2) is 15.6 Å². The fraction of sp³-hybridized carbons (Fsp3) is 0.0870. The van der Waals surface area contributed by atoms with E-state index < -0.39 is 5.97 Å². The monoisotopic (exact) mass is 375 g/mol. The Hall–Kier alpha value is -3.04. The Balaban J connectivity index is 1.87. The Morgan fingerprint density at radius 3 is 2.37 bits per heavy atom. The van der Waals surface area contributed by atoms with Gasteiger partial charge in [0.25, 0.3) is 0 Å². The number of carboxylic acids is 1. The first-order valence-electron chi connectivity index (χ1n) is 8.79. The van der Waals surface area contributed by atoms with Gasteiger partial charge in [-0.2, -0.15) is 0 Å². The van der Waals surface area contributed by atoms with Gasteiger partial charge in [-0.3, -0.25) is 4.79 Å². The summed E-state index contributed by atoms with van der Waals surface area (Å²) in [6.45, 7) is 0. The molecule has 1 heterocycles. The van der Waals surface area contributed by atoms with Gasteiger partial charge in [-0.1, -0.05) is 54.1 Å². The number of carboxylic acid groups (broad SMARTS) is 1. The molecule has 1 aromatic heterocycles. The molecule has 4 heteroatoms. The highest BCUT2D eigenvalue weighted by atomic mass is 35.5. The topological polar surface area (TPSA) is 42.2 Å². The number of aryl methyl sites for hydroxylation is 1. The predicted molar refractivity (Wildman–Crippen MR) is 110 cm³/mol. The maximum absolute atomic E-state index is 11.1. The number of aromatic nitrogens is 1. The van der Waals surface area contributed by atoms with Gasteiger partial charge in [-0.25, -0.2) is 0 Å². The number of fused-ring (bicyclic) bond motifs is 1. The summed E-state index contributed by atoms with van der Waals surface area (Å²) in [5.74, 6) is -0.797. The van der Waals surface area contributed by atoms with E-state index in [4.69, 9.17) is 16.7 Å². The van der Waals surface area contributed by atoms with Crippen molar-refractivity contribution in [2.45, 2.75) is 12.8 Å².